The number of methoxy groups -OCH3 is 1. The van der Waals surface area contributed by atoms with Gasteiger partial charge in [-0.3, -0.25) is 4.79 Å². The summed E-state index contributed by atoms with van der Waals surface area (Å²) in [6.45, 7) is 3.89. The van der Waals surface area contributed by atoms with Crippen LogP contribution in [0.3, 0.4) is 0 Å². The van der Waals surface area contributed by atoms with E-state index >= 15 is 0 Å². The Hall–Kier alpha value is -3.41. The second kappa shape index (κ2) is 7.65. The Kier molecular flexibility index (Phi) is 5.12. The average molecular weight is 348 g/mol. The minimum Gasteiger partial charge on any atom is -0.497 e. The van der Waals surface area contributed by atoms with E-state index in [9.17, 15) is 4.79 Å². The maximum atomic E-state index is 12.1. The van der Waals surface area contributed by atoms with E-state index in [-0.39, 0.29) is 5.91 Å². The Labute approximate surface area is 152 Å². The molecule has 0 saturated carbocycles. The SMILES string of the molecule is COc1ccc(C(=O)NN=Cc2c(C)nn(-c3ccccc3)c2C)cc1. The molecule has 1 N–H and O–H groups in total. The van der Waals surface area contributed by atoms with Gasteiger partial charge in [0, 0.05) is 11.1 Å². The predicted octanol–water partition coefficient (Wildman–Crippen LogP) is 3.26. The summed E-state index contributed by atoms with van der Waals surface area (Å²) >= 11 is 0. The number of hydrazone groups is 1. The van der Waals surface area contributed by atoms with Crippen LogP contribution in [-0.2, 0) is 0 Å². The largest absolute Gasteiger partial charge is 0.497 e. The molecule has 0 aliphatic heterocycles. The number of hydrogen-bond acceptors (Lipinski definition) is 4. The van der Waals surface area contributed by atoms with Crippen LogP contribution in [0.2, 0.25) is 0 Å². The monoisotopic (exact) mass is 348 g/mol. The van der Waals surface area contributed by atoms with Crippen LogP contribution in [0, 0.1) is 13.8 Å². The van der Waals surface area contributed by atoms with Crippen molar-refractivity contribution in [1.82, 2.24) is 15.2 Å². The van der Waals surface area contributed by atoms with Gasteiger partial charge in [-0.2, -0.15) is 10.2 Å². The summed E-state index contributed by atoms with van der Waals surface area (Å²) in [6, 6.07) is 16.7. The van der Waals surface area contributed by atoms with E-state index in [1.54, 1.807) is 37.6 Å². The van der Waals surface area contributed by atoms with Crippen molar-refractivity contribution in [2.75, 3.05) is 7.11 Å². The maximum Gasteiger partial charge on any atom is 0.271 e. The number of carbonyl (C=O) groups is 1. The zero-order valence-electron chi connectivity index (χ0n) is 14.9. The lowest BCUT2D eigenvalue weighted by molar-refractivity contribution is 0.0955. The standard InChI is InChI=1S/C20H20N4O2/c1-14-19(15(2)24(23-14)17-7-5-4-6-8-17)13-21-22-20(25)16-9-11-18(26-3)12-10-16/h4-13H,1-3H3,(H,22,25). The van der Waals surface area contributed by atoms with E-state index in [0.717, 1.165) is 22.6 Å². The first-order valence-corrected chi connectivity index (χ1v) is 8.19. The van der Waals surface area contributed by atoms with Crippen molar-refractivity contribution in [3.8, 4) is 11.4 Å². The van der Waals surface area contributed by atoms with Crippen LogP contribution in [0.15, 0.2) is 59.7 Å². The van der Waals surface area contributed by atoms with Crippen LogP contribution >= 0.6 is 0 Å². The molecular formula is C20H20N4O2. The number of aryl methyl sites for hydroxylation is 1. The Morgan fingerprint density at radius 2 is 1.81 bits per heavy atom. The molecule has 3 rings (SSSR count). The van der Waals surface area contributed by atoms with Gasteiger partial charge in [-0.05, 0) is 50.2 Å². The molecule has 6 nitrogen and oxygen atoms in total. The molecule has 0 atom stereocenters. The van der Waals surface area contributed by atoms with Crippen LogP contribution in [0.4, 0.5) is 0 Å². The van der Waals surface area contributed by atoms with E-state index in [0.29, 0.717) is 11.3 Å². The number of hydrogen-bond donors (Lipinski definition) is 1. The van der Waals surface area contributed by atoms with Crippen LogP contribution in [0.1, 0.15) is 27.3 Å². The van der Waals surface area contributed by atoms with Crippen LogP contribution in [0.5, 0.6) is 5.75 Å². The van der Waals surface area contributed by atoms with E-state index in [2.05, 4.69) is 15.6 Å². The topological polar surface area (TPSA) is 68.5 Å². The highest BCUT2D eigenvalue weighted by Crippen LogP contribution is 2.16. The molecule has 1 amide bonds. The van der Waals surface area contributed by atoms with Crippen molar-refractivity contribution >= 4 is 12.1 Å². The van der Waals surface area contributed by atoms with E-state index in [1.807, 2.05) is 48.9 Å². The molecule has 0 aliphatic rings. The molecule has 1 aromatic heterocycles. The molecule has 2 aromatic carbocycles. The number of nitrogens with zero attached hydrogens (tertiary/aromatic N) is 3. The van der Waals surface area contributed by atoms with Gasteiger partial charge < -0.3 is 4.74 Å². The van der Waals surface area contributed by atoms with Gasteiger partial charge in [0.25, 0.3) is 5.91 Å². The van der Waals surface area contributed by atoms with Crippen molar-refractivity contribution < 1.29 is 9.53 Å². The number of para-hydroxylation sites is 1. The third kappa shape index (κ3) is 3.64. The number of ether oxygens (including phenoxy) is 1. The van der Waals surface area contributed by atoms with Gasteiger partial charge in [0.2, 0.25) is 0 Å². The normalized spacial score (nSPS) is 10.9. The number of aromatic nitrogens is 2. The highest BCUT2D eigenvalue weighted by atomic mass is 16.5. The quantitative estimate of drug-likeness (QED) is 0.568. The predicted molar refractivity (Wildman–Crippen MR) is 101 cm³/mol. The fraction of sp³-hybridized carbons (Fsp3) is 0.150. The van der Waals surface area contributed by atoms with Gasteiger partial charge in [-0.1, -0.05) is 18.2 Å². The number of rotatable bonds is 5. The molecule has 1 heterocycles. The number of carbonyl (C=O) groups excluding carboxylic acids is 1. The molecular weight excluding hydrogens is 328 g/mol. The lowest BCUT2D eigenvalue weighted by Crippen LogP contribution is -2.17. The Morgan fingerprint density at radius 1 is 1.12 bits per heavy atom. The van der Waals surface area contributed by atoms with E-state index in [4.69, 9.17) is 4.74 Å². The molecule has 26 heavy (non-hydrogen) atoms. The Balaban J connectivity index is 1.74. The van der Waals surface area contributed by atoms with Crippen molar-refractivity contribution in [1.29, 1.82) is 0 Å². The molecule has 0 radical (unpaired) electrons. The maximum absolute atomic E-state index is 12.1. The molecule has 132 valence electrons. The van der Waals surface area contributed by atoms with Crippen molar-refractivity contribution in [2.24, 2.45) is 5.10 Å². The molecule has 0 bridgehead atoms. The fourth-order valence-electron chi connectivity index (χ4n) is 2.62. The number of benzene rings is 2. The first-order valence-electron chi connectivity index (χ1n) is 8.19. The third-order valence-corrected chi connectivity index (χ3v) is 4.06. The van der Waals surface area contributed by atoms with E-state index < -0.39 is 0 Å². The molecule has 6 heteroatoms. The van der Waals surface area contributed by atoms with Gasteiger partial charge in [-0.25, -0.2) is 10.1 Å². The number of nitrogens with one attached hydrogen (secondary N) is 1. The fourth-order valence-corrected chi connectivity index (χ4v) is 2.62. The lowest BCUT2D eigenvalue weighted by Gasteiger charge is -2.04. The molecule has 0 fully saturated rings. The Bertz CT molecular complexity index is 928. The third-order valence-electron chi connectivity index (χ3n) is 4.06. The summed E-state index contributed by atoms with van der Waals surface area (Å²) in [7, 11) is 1.58. The van der Waals surface area contributed by atoms with Crippen LogP contribution < -0.4 is 10.2 Å². The van der Waals surface area contributed by atoms with Crippen molar-refractivity contribution in [3.05, 3.63) is 77.1 Å². The van der Waals surface area contributed by atoms with Crippen LogP contribution in [-0.4, -0.2) is 29.0 Å². The molecule has 0 spiro atoms. The minimum absolute atomic E-state index is 0.283. The first kappa shape index (κ1) is 17.4. The summed E-state index contributed by atoms with van der Waals surface area (Å²) in [4.78, 5) is 12.1. The zero-order valence-corrected chi connectivity index (χ0v) is 14.9. The van der Waals surface area contributed by atoms with Crippen molar-refractivity contribution in [3.63, 3.8) is 0 Å². The van der Waals surface area contributed by atoms with Crippen LogP contribution in [0.25, 0.3) is 5.69 Å². The summed E-state index contributed by atoms with van der Waals surface area (Å²) in [5.41, 5.74) is 6.71. The van der Waals surface area contributed by atoms with Gasteiger partial charge >= 0.3 is 0 Å². The second-order valence-corrected chi connectivity index (χ2v) is 5.76. The second-order valence-electron chi connectivity index (χ2n) is 5.76. The minimum atomic E-state index is -0.283. The molecule has 3 aromatic rings. The first-order chi connectivity index (χ1) is 12.6. The molecule has 0 aliphatic carbocycles. The smallest absolute Gasteiger partial charge is 0.271 e. The van der Waals surface area contributed by atoms with E-state index in [1.165, 1.54) is 0 Å². The Morgan fingerprint density at radius 3 is 2.46 bits per heavy atom. The van der Waals surface area contributed by atoms with Gasteiger partial charge in [0.1, 0.15) is 5.75 Å². The molecule has 0 unspecified atom stereocenters. The summed E-state index contributed by atoms with van der Waals surface area (Å²) in [6.07, 6.45) is 1.62. The lowest BCUT2D eigenvalue weighted by atomic mass is 10.2. The summed E-state index contributed by atoms with van der Waals surface area (Å²) in [5.74, 6) is 0.416. The van der Waals surface area contributed by atoms with Gasteiger partial charge in [0.15, 0.2) is 0 Å². The summed E-state index contributed by atoms with van der Waals surface area (Å²) in [5, 5.41) is 8.63. The van der Waals surface area contributed by atoms with Gasteiger partial charge in [0.05, 0.1) is 30.4 Å². The number of amides is 1. The van der Waals surface area contributed by atoms with Gasteiger partial charge in [-0.15, -0.1) is 0 Å². The zero-order chi connectivity index (χ0) is 18.5. The molecule has 0 saturated heterocycles. The summed E-state index contributed by atoms with van der Waals surface area (Å²) < 4.78 is 6.95. The average Bonchev–Trinajstić information content (AvgIpc) is 2.97. The highest BCUT2D eigenvalue weighted by Gasteiger charge is 2.11. The highest BCUT2D eigenvalue weighted by molar-refractivity contribution is 5.95. The van der Waals surface area contributed by atoms with Crippen molar-refractivity contribution in [2.45, 2.75) is 13.8 Å².